The first-order chi connectivity index (χ1) is 17.0. The summed E-state index contributed by atoms with van der Waals surface area (Å²) in [6, 6.07) is 12.4. The Morgan fingerprint density at radius 2 is 1.69 bits per heavy atom. The highest BCUT2D eigenvalue weighted by Gasteiger charge is 2.42. The highest BCUT2D eigenvalue weighted by Crippen LogP contribution is 2.33. The molecule has 0 radical (unpaired) electrons. The minimum atomic E-state index is 0.0550. The van der Waals surface area contributed by atoms with Gasteiger partial charge in [0.05, 0.1) is 17.3 Å². The van der Waals surface area contributed by atoms with Crippen molar-refractivity contribution in [2.75, 3.05) is 32.7 Å². The second-order valence-corrected chi connectivity index (χ2v) is 10.8. The van der Waals surface area contributed by atoms with Crippen LogP contribution in [0.3, 0.4) is 0 Å². The van der Waals surface area contributed by atoms with Gasteiger partial charge in [-0.15, -0.1) is 0 Å². The standard InChI is InChI=1S/C29H38N4O2/c1-20-12-14-30-21(2)27(20)29(35)33-18-24-16-32(17-25(24)19-33)15-13-26(22-8-4-3-5-9-22)31-28(34)23-10-6-7-11-23/h3-5,8-9,12,14,23-26H,6-7,10-11,13,15-19H2,1-2H3,(H,31,34)/t24?,25?,26-/m0/s1. The van der Waals surface area contributed by atoms with Crippen molar-refractivity contribution < 1.29 is 9.59 Å². The van der Waals surface area contributed by atoms with E-state index in [-0.39, 0.29) is 23.8 Å². The largest absolute Gasteiger partial charge is 0.349 e. The second kappa shape index (κ2) is 10.5. The van der Waals surface area contributed by atoms with Crippen molar-refractivity contribution in [2.45, 2.75) is 52.0 Å². The minimum absolute atomic E-state index is 0.0550. The molecule has 1 N–H and O–H groups in total. The number of nitrogens with one attached hydrogen (secondary N) is 1. The highest BCUT2D eigenvalue weighted by molar-refractivity contribution is 5.96. The number of amides is 2. The summed E-state index contributed by atoms with van der Waals surface area (Å²) in [7, 11) is 0. The van der Waals surface area contributed by atoms with Crippen LogP contribution < -0.4 is 5.32 Å². The van der Waals surface area contributed by atoms with Crippen LogP contribution in [0.5, 0.6) is 0 Å². The first-order valence-corrected chi connectivity index (χ1v) is 13.3. The third kappa shape index (κ3) is 5.27. The number of benzene rings is 1. The maximum Gasteiger partial charge on any atom is 0.255 e. The van der Waals surface area contributed by atoms with Gasteiger partial charge in [-0.05, 0) is 62.1 Å². The van der Waals surface area contributed by atoms with Crippen molar-refractivity contribution in [1.29, 1.82) is 0 Å². The van der Waals surface area contributed by atoms with Gasteiger partial charge < -0.3 is 15.1 Å². The maximum atomic E-state index is 13.2. The number of fused-ring (bicyclic) bond motifs is 1. The fourth-order valence-electron chi connectivity index (χ4n) is 6.41. The van der Waals surface area contributed by atoms with E-state index in [1.54, 1.807) is 6.20 Å². The number of hydrogen-bond acceptors (Lipinski definition) is 4. The predicted molar refractivity (Wildman–Crippen MR) is 137 cm³/mol. The van der Waals surface area contributed by atoms with Gasteiger partial charge in [-0.3, -0.25) is 14.6 Å². The normalized spacial score (nSPS) is 23.4. The SMILES string of the molecule is Cc1ccnc(C)c1C(=O)N1CC2CN(CC[C@H](NC(=O)C3CCCC3)c3ccccc3)CC2C1. The molecule has 3 heterocycles. The van der Waals surface area contributed by atoms with Crippen molar-refractivity contribution in [3.05, 3.63) is 65.0 Å². The Bertz CT molecular complexity index is 1020. The molecule has 3 atom stereocenters. The quantitative estimate of drug-likeness (QED) is 0.655. The van der Waals surface area contributed by atoms with Crippen LogP contribution in [0, 0.1) is 31.6 Å². The average Bonchev–Trinajstić information content (AvgIpc) is 3.59. The molecule has 3 fully saturated rings. The summed E-state index contributed by atoms with van der Waals surface area (Å²) in [5, 5.41) is 3.38. The molecule has 0 spiro atoms. The molecule has 2 aromatic rings. The summed E-state index contributed by atoms with van der Waals surface area (Å²) in [6.45, 7) is 8.59. The zero-order valence-corrected chi connectivity index (χ0v) is 21.1. The topological polar surface area (TPSA) is 65.5 Å². The predicted octanol–water partition coefficient (Wildman–Crippen LogP) is 4.14. The summed E-state index contributed by atoms with van der Waals surface area (Å²) in [6.07, 6.45) is 7.08. The van der Waals surface area contributed by atoms with Gasteiger partial charge in [0.1, 0.15) is 0 Å². The van der Waals surface area contributed by atoms with Crippen LogP contribution in [0.1, 0.15) is 65.3 Å². The zero-order chi connectivity index (χ0) is 24.4. The van der Waals surface area contributed by atoms with Gasteiger partial charge in [0.25, 0.3) is 5.91 Å². The molecule has 2 unspecified atom stereocenters. The zero-order valence-electron chi connectivity index (χ0n) is 21.1. The Balaban J connectivity index is 1.17. The number of aromatic nitrogens is 1. The van der Waals surface area contributed by atoms with Gasteiger partial charge in [0.2, 0.25) is 5.91 Å². The van der Waals surface area contributed by atoms with Crippen molar-refractivity contribution in [3.8, 4) is 0 Å². The molecule has 1 aromatic heterocycles. The van der Waals surface area contributed by atoms with Gasteiger partial charge in [-0.1, -0.05) is 43.2 Å². The molecule has 1 aromatic carbocycles. The van der Waals surface area contributed by atoms with E-state index in [2.05, 4.69) is 39.5 Å². The molecular formula is C29H38N4O2. The molecule has 2 aliphatic heterocycles. The third-order valence-corrected chi connectivity index (χ3v) is 8.39. The number of rotatable bonds is 7. The van der Waals surface area contributed by atoms with E-state index >= 15 is 0 Å². The van der Waals surface area contributed by atoms with Gasteiger partial charge in [0, 0.05) is 44.8 Å². The number of hydrogen-bond donors (Lipinski definition) is 1. The van der Waals surface area contributed by atoms with Crippen LogP contribution in [0.15, 0.2) is 42.6 Å². The van der Waals surface area contributed by atoms with E-state index in [0.717, 1.165) is 68.8 Å². The van der Waals surface area contributed by atoms with Crippen LogP contribution in [0.4, 0.5) is 0 Å². The van der Waals surface area contributed by atoms with Crippen LogP contribution in [0.25, 0.3) is 0 Å². The van der Waals surface area contributed by atoms with Crippen molar-refractivity contribution in [1.82, 2.24) is 20.1 Å². The summed E-state index contributed by atoms with van der Waals surface area (Å²) >= 11 is 0. The fraction of sp³-hybridized carbons (Fsp3) is 0.552. The number of carbonyl (C=O) groups is 2. The monoisotopic (exact) mass is 474 g/mol. The molecule has 1 aliphatic carbocycles. The second-order valence-electron chi connectivity index (χ2n) is 10.8. The first-order valence-electron chi connectivity index (χ1n) is 13.3. The lowest BCUT2D eigenvalue weighted by atomic mass is 10.0. The van der Waals surface area contributed by atoms with Crippen LogP contribution in [-0.2, 0) is 4.79 Å². The van der Waals surface area contributed by atoms with Crippen molar-refractivity contribution >= 4 is 11.8 Å². The number of carbonyl (C=O) groups excluding carboxylic acids is 2. The highest BCUT2D eigenvalue weighted by atomic mass is 16.2. The van der Waals surface area contributed by atoms with Crippen LogP contribution in [0.2, 0.25) is 0 Å². The Kier molecular flexibility index (Phi) is 7.19. The van der Waals surface area contributed by atoms with Crippen LogP contribution in [-0.4, -0.2) is 59.3 Å². The molecule has 6 nitrogen and oxygen atoms in total. The van der Waals surface area contributed by atoms with E-state index in [4.69, 9.17) is 0 Å². The number of pyridine rings is 1. The molecule has 2 saturated heterocycles. The first kappa shape index (κ1) is 24.0. The molecule has 2 amide bonds. The Hall–Kier alpha value is -2.73. The summed E-state index contributed by atoms with van der Waals surface area (Å²) in [4.78, 5) is 35.0. The smallest absolute Gasteiger partial charge is 0.255 e. The van der Waals surface area contributed by atoms with Gasteiger partial charge in [-0.2, -0.15) is 0 Å². The van der Waals surface area contributed by atoms with E-state index < -0.39 is 0 Å². The summed E-state index contributed by atoms with van der Waals surface area (Å²) in [5.74, 6) is 1.60. The van der Waals surface area contributed by atoms with Gasteiger partial charge in [-0.25, -0.2) is 0 Å². The maximum absolute atomic E-state index is 13.2. The Morgan fingerprint density at radius 3 is 2.34 bits per heavy atom. The van der Waals surface area contributed by atoms with Gasteiger partial charge in [0.15, 0.2) is 0 Å². The van der Waals surface area contributed by atoms with E-state index in [1.165, 1.54) is 18.4 Å². The molecule has 5 rings (SSSR count). The molecular weight excluding hydrogens is 436 g/mol. The summed E-state index contributed by atoms with van der Waals surface area (Å²) in [5.41, 5.74) is 3.79. The third-order valence-electron chi connectivity index (χ3n) is 8.39. The summed E-state index contributed by atoms with van der Waals surface area (Å²) < 4.78 is 0. The lowest BCUT2D eigenvalue weighted by Gasteiger charge is -2.26. The van der Waals surface area contributed by atoms with E-state index in [1.807, 2.05) is 30.9 Å². The van der Waals surface area contributed by atoms with Gasteiger partial charge >= 0.3 is 0 Å². The number of aryl methyl sites for hydroxylation is 2. The molecule has 6 heteroatoms. The molecule has 186 valence electrons. The Labute approximate surface area is 209 Å². The molecule has 35 heavy (non-hydrogen) atoms. The molecule has 1 saturated carbocycles. The molecule has 0 bridgehead atoms. The van der Waals surface area contributed by atoms with Crippen LogP contribution >= 0.6 is 0 Å². The molecule has 3 aliphatic rings. The number of likely N-dealkylation sites (tertiary alicyclic amines) is 2. The lowest BCUT2D eigenvalue weighted by molar-refractivity contribution is -0.125. The lowest BCUT2D eigenvalue weighted by Crippen LogP contribution is -2.37. The van der Waals surface area contributed by atoms with E-state index in [0.29, 0.717) is 11.8 Å². The van der Waals surface area contributed by atoms with Crippen molar-refractivity contribution in [3.63, 3.8) is 0 Å². The Morgan fingerprint density at radius 1 is 1.00 bits per heavy atom. The van der Waals surface area contributed by atoms with E-state index in [9.17, 15) is 9.59 Å². The van der Waals surface area contributed by atoms with Crippen molar-refractivity contribution in [2.24, 2.45) is 17.8 Å². The average molecular weight is 475 g/mol. The minimum Gasteiger partial charge on any atom is -0.349 e. The fourth-order valence-corrected chi connectivity index (χ4v) is 6.41. The number of nitrogens with zero attached hydrogens (tertiary/aromatic N) is 3.